The summed E-state index contributed by atoms with van der Waals surface area (Å²) in [6.45, 7) is 3.61. The van der Waals surface area contributed by atoms with Gasteiger partial charge in [-0.15, -0.1) is 0 Å². The van der Waals surface area contributed by atoms with Crippen molar-refractivity contribution in [1.29, 1.82) is 0 Å². The number of para-hydroxylation sites is 1. The number of amides is 1. The molecule has 0 fully saturated rings. The second kappa shape index (κ2) is 6.32. The third-order valence-corrected chi connectivity index (χ3v) is 3.61. The summed E-state index contributed by atoms with van der Waals surface area (Å²) in [5.41, 5.74) is 1.72. The number of methoxy groups -OCH3 is 1. The number of hydrogen-bond acceptors (Lipinski definition) is 3. The molecule has 0 radical (unpaired) electrons. The average Bonchev–Trinajstić information content (AvgIpc) is 2.60. The second-order valence-electron chi connectivity index (χ2n) is 5.01. The molecule has 1 amide bonds. The third kappa shape index (κ3) is 2.79. The van der Waals surface area contributed by atoms with Gasteiger partial charge < -0.3 is 10.1 Å². The van der Waals surface area contributed by atoms with E-state index in [0.717, 1.165) is 16.5 Å². The summed E-state index contributed by atoms with van der Waals surface area (Å²) in [6.07, 6.45) is 0. The van der Waals surface area contributed by atoms with Crippen LogP contribution in [-0.2, 0) is 0 Å². The number of benzene rings is 3. The van der Waals surface area contributed by atoms with Crippen LogP contribution in [-0.4, -0.2) is 19.7 Å². The standard InChI is InChI=1S/C19H16N2O2/c1-20-17-15-11-7-6-8-13(15)12-16(18(17)23-2)19(22)21-14-9-4-3-5-10-14/h3-12H,1H2,2H3,(H,21,22). The monoisotopic (exact) mass is 304 g/mol. The maximum Gasteiger partial charge on any atom is 0.259 e. The molecular formula is C19H16N2O2. The fourth-order valence-electron chi connectivity index (χ4n) is 2.56. The van der Waals surface area contributed by atoms with E-state index in [1.807, 2.05) is 54.6 Å². The smallest absolute Gasteiger partial charge is 0.259 e. The van der Waals surface area contributed by atoms with Gasteiger partial charge in [0.1, 0.15) is 5.69 Å². The lowest BCUT2D eigenvalue weighted by Gasteiger charge is -2.14. The topological polar surface area (TPSA) is 50.7 Å². The number of carbonyl (C=O) groups is 1. The van der Waals surface area contributed by atoms with Crippen molar-refractivity contribution in [1.82, 2.24) is 0 Å². The predicted octanol–water partition coefficient (Wildman–Crippen LogP) is 4.43. The highest BCUT2D eigenvalue weighted by molar-refractivity contribution is 6.12. The fraction of sp³-hybridized carbons (Fsp3) is 0.0526. The molecule has 0 aromatic heterocycles. The van der Waals surface area contributed by atoms with E-state index in [-0.39, 0.29) is 5.91 Å². The van der Waals surface area contributed by atoms with Crippen molar-refractivity contribution in [3.63, 3.8) is 0 Å². The zero-order valence-corrected chi connectivity index (χ0v) is 12.7. The Morgan fingerprint density at radius 2 is 1.78 bits per heavy atom. The Morgan fingerprint density at radius 1 is 1.09 bits per heavy atom. The zero-order valence-electron chi connectivity index (χ0n) is 12.7. The van der Waals surface area contributed by atoms with Gasteiger partial charge in [-0.05, 0) is 30.3 Å². The Balaban J connectivity index is 2.12. The summed E-state index contributed by atoms with van der Waals surface area (Å²) < 4.78 is 5.44. The van der Waals surface area contributed by atoms with E-state index in [1.54, 1.807) is 6.07 Å². The molecule has 0 spiro atoms. The van der Waals surface area contributed by atoms with Crippen molar-refractivity contribution in [2.24, 2.45) is 4.99 Å². The minimum absolute atomic E-state index is 0.247. The molecule has 4 heteroatoms. The highest BCUT2D eigenvalue weighted by Gasteiger charge is 2.18. The molecule has 3 rings (SSSR count). The minimum atomic E-state index is -0.247. The first-order valence-electron chi connectivity index (χ1n) is 7.17. The van der Waals surface area contributed by atoms with E-state index in [4.69, 9.17) is 4.74 Å². The minimum Gasteiger partial charge on any atom is -0.494 e. The number of carbonyl (C=O) groups excluding carboxylic acids is 1. The lowest BCUT2D eigenvalue weighted by atomic mass is 10.0. The van der Waals surface area contributed by atoms with Gasteiger partial charge in [-0.3, -0.25) is 9.79 Å². The lowest BCUT2D eigenvalue weighted by Crippen LogP contribution is -2.13. The van der Waals surface area contributed by atoms with Crippen molar-refractivity contribution in [3.8, 4) is 5.75 Å². The van der Waals surface area contributed by atoms with E-state index >= 15 is 0 Å². The number of fused-ring (bicyclic) bond motifs is 1. The molecule has 0 unspecified atom stereocenters. The van der Waals surface area contributed by atoms with Crippen LogP contribution in [0.3, 0.4) is 0 Å². The van der Waals surface area contributed by atoms with Crippen molar-refractivity contribution < 1.29 is 9.53 Å². The highest BCUT2D eigenvalue weighted by Crippen LogP contribution is 2.39. The number of nitrogens with zero attached hydrogens (tertiary/aromatic N) is 1. The summed E-state index contributed by atoms with van der Waals surface area (Å²) in [4.78, 5) is 16.7. The second-order valence-corrected chi connectivity index (χ2v) is 5.01. The van der Waals surface area contributed by atoms with Crippen LogP contribution in [0.5, 0.6) is 5.75 Å². The van der Waals surface area contributed by atoms with E-state index in [1.165, 1.54) is 7.11 Å². The highest BCUT2D eigenvalue weighted by atomic mass is 16.5. The third-order valence-electron chi connectivity index (χ3n) is 3.61. The molecular weight excluding hydrogens is 288 g/mol. The summed E-state index contributed by atoms with van der Waals surface area (Å²) in [7, 11) is 1.53. The van der Waals surface area contributed by atoms with Crippen LogP contribution in [0.15, 0.2) is 65.7 Å². The molecule has 114 valence electrons. The quantitative estimate of drug-likeness (QED) is 0.725. The summed E-state index contributed by atoms with van der Waals surface area (Å²) in [6, 6.07) is 18.8. The molecule has 0 saturated carbocycles. The molecule has 0 bridgehead atoms. The van der Waals surface area contributed by atoms with Crippen LogP contribution in [0.1, 0.15) is 10.4 Å². The fourth-order valence-corrected chi connectivity index (χ4v) is 2.56. The zero-order chi connectivity index (χ0) is 16.2. The first-order valence-corrected chi connectivity index (χ1v) is 7.17. The van der Waals surface area contributed by atoms with Gasteiger partial charge >= 0.3 is 0 Å². The molecule has 0 aliphatic carbocycles. The number of ether oxygens (including phenoxy) is 1. The molecule has 1 N–H and O–H groups in total. The van der Waals surface area contributed by atoms with Crippen molar-refractivity contribution in [2.45, 2.75) is 0 Å². The van der Waals surface area contributed by atoms with Crippen LogP contribution < -0.4 is 10.1 Å². The predicted molar refractivity (Wildman–Crippen MR) is 94.1 cm³/mol. The first-order chi connectivity index (χ1) is 11.2. The van der Waals surface area contributed by atoms with E-state index in [0.29, 0.717) is 17.0 Å². The number of nitrogens with one attached hydrogen (secondary N) is 1. The maximum absolute atomic E-state index is 12.7. The van der Waals surface area contributed by atoms with Gasteiger partial charge in [0, 0.05) is 11.1 Å². The molecule has 0 aliphatic rings. The van der Waals surface area contributed by atoms with Crippen LogP contribution in [0.2, 0.25) is 0 Å². The first kappa shape index (κ1) is 14.8. The summed E-state index contributed by atoms with van der Waals surface area (Å²) in [5.74, 6) is 0.177. The molecule has 0 saturated heterocycles. The van der Waals surface area contributed by atoms with E-state index in [2.05, 4.69) is 17.0 Å². The van der Waals surface area contributed by atoms with Gasteiger partial charge in [-0.2, -0.15) is 0 Å². The van der Waals surface area contributed by atoms with Crippen molar-refractivity contribution in [2.75, 3.05) is 12.4 Å². The van der Waals surface area contributed by atoms with Gasteiger partial charge in [0.2, 0.25) is 0 Å². The Morgan fingerprint density at radius 3 is 2.48 bits per heavy atom. The van der Waals surface area contributed by atoms with E-state index < -0.39 is 0 Å². The molecule has 4 nitrogen and oxygen atoms in total. The lowest BCUT2D eigenvalue weighted by molar-refractivity contribution is 0.102. The molecule has 23 heavy (non-hydrogen) atoms. The van der Waals surface area contributed by atoms with Gasteiger partial charge in [-0.1, -0.05) is 42.5 Å². The summed E-state index contributed by atoms with van der Waals surface area (Å²) in [5, 5.41) is 4.68. The van der Waals surface area contributed by atoms with Crippen molar-refractivity contribution in [3.05, 3.63) is 66.2 Å². The van der Waals surface area contributed by atoms with Crippen molar-refractivity contribution >= 4 is 34.8 Å². The number of aliphatic imine (C=N–C) groups is 1. The van der Waals surface area contributed by atoms with Crippen LogP contribution >= 0.6 is 0 Å². The Bertz CT molecular complexity index is 873. The Kier molecular flexibility index (Phi) is 4.06. The largest absolute Gasteiger partial charge is 0.494 e. The van der Waals surface area contributed by atoms with Gasteiger partial charge in [0.15, 0.2) is 5.75 Å². The van der Waals surface area contributed by atoms with Gasteiger partial charge in [-0.25, -0.2) is 0 Å². The SMILES string of the molecule is C=Nc1c(OC)c(C(=O)Nc2ccccc2)cc2ccccc12. The normalized spacial score (nSPS) is 10.3. The average molecular weight is 304 g/mol. The Hall–Kier alpha value is -3.14. The van der Waals surface area contributed by atoms with Crippen LogP contribution in [0.4, 0.5) is 11.4 Å². The summed E-state index contributed by atoms with van der Waals surface area (Å²) >= 11 is 0. The molecule has 0 heterocycles. The van der Waals surface area contributed by atoms with Crippen LogP contribution in [0.25, 0.3) is 10.8 Å². The van der Waals surface area contributed by atoms with Gasteiger partial charge in [0.05, 0.1) is 12.7 Å². The molecule has 0 atom stereocenters. The number of hydrogen-bond donors (Lipinski definition) is 1. The Labute approximate surface area is 134 Å². The number of anilines is 1. The number of rotatable bonds is 4. The molecule has 3 aromatic rings. The van der Waals surface area contributed by atoms with Crippen LogP contribution in [0, 0.1) is 0 Å². The van der Waals surface area contributed by atoms with E-state index in [9.17, 15) is 4.79 Å². The molecule has 0 aliphatic heterocycles. The molecule has 3 aromatic carbocycles. The van der Waals surface area contributed by atoms with Gasteiger partial charge in [0.25, 0.3) is 5.91 Å². The maximum atomic E-state index is 12.7.